The SMILES string of the molecule is Cn1c(=O)n(C2CCC(=O)NC2=O)c2ccc(CN3CCN(CCOC4CC(NC(=O)O)C4)CC3)cc21. The number of carbonyl (C=O) groups is 3. The molecule has 0 bridgehead atoms. The third-order valence-corrected chi connectivity index (χ3v) is 7.73. The minimum atomic E-state index is -0.976. The van der Waals surface area contributed by atoms with Gasteiger partial charge in [-0.25, -0.2) is 9.59 Å². The molecule has 3 heterocycles. The van der Waals surface area contributed by atoms with Gasteiger partial charge in [-0.2, -0.15) is 0 Å². The predicted molar refractivity (Wildman–Crippen MR) is 134 cm³/mol. The highest BCUT2D eigenvalue weighted by Crippen LogP contribution is 2.25. The molecule has 1 aliphatic carbocycles. The molecule has 1 aromatic carbocycles. The summed E-state index contributed by atoms with van der Waals surface area (Å²) in [5.41, 5.74) is 2.33. The number of imidazole rings is 1. The van der Waals surface area contributed by atoms with Crippen LogP contribution in [0.5, 0.6) is 0 Å². The van der Waals surface area contributed by atoms with Crippen molar-refractivity contribution in [3.05, 3.63) is 34.2 Å². The van der Waals surface area contributed by atoms with Gasteiger partial charge in [0.2, 0.25) is 11.8 Å². The Kier molecular flexibility index (Phi) is 7.31. The maximum atomic E-state index is 13.0. The van der Waals surface area contributed by atoms with Crippen molar-refractivity contribution in [1.29, 1.82) is 0 Å². The number of amides is 3. The fourth-order valence-corrected chi connectivity index (χ4v) is 5.51. The predicted octanol–water partition coefficient (Wildman–Crippen LogP) is 0.251. The number of piperazine rings is 1. The van der Waals surface area contributed by atoms with Crippen LogP contribution >= 0.6 is 0 Å². The number of benzene rings is 1. The summed E-state index contributed by atoms with van der Waals surface area (Å²) in [6.45, 7) is 6.05. The first kappa shape index (κ1) is 25.4. The standard InChI is InChI=1S/C25H34N6O6/c1-28-21-12-16(2-3-19(21)31(25(28)36)20-4-5-22(32)27-23(20)33)15-30-8-6-29(7-9-30)10-11-37-18-13-17(14-18)26-24(34)35/h2-3,12,17-18,20,26H,4-11,13-15H2,1H3,(H,34,35)(H,27,32,33). The average Bonchev–Trinajstić information content (AvgIpc) is 3.08. The fourth-order valence-electron chi connectivity index (χ4n) is 5.51. The maximum absolute atomic E-state index is 13.0. The van der Waals surface area contributed by atoms with Crippen molar-refractivity contribution >= 4 is 28.9 Å². The monoisotopic (exact) mass is 514 g/mol. The van der Waals surface area contributed by atoms with Gasteiger partial charge in [-0.05, 0) is 37.0 Å². The number of hydrogen-bond donors (Lipinski definition) is 3. The largest absolute Gasteiger partial charge is 0.465 e. The van der Waals surface area contributed by atoms with Gasteiger partial charge in [-0.1, -0.05) is 6.07 Å². The Labute approximate surface area is 214 Å². The van der Waals surface area contributed by atoms with Crippen LogP contribution in [0.3, 0.4) is 0 Å². The molecule has 2 aromatic rings. The molecule has 0 radical (unpaired) electrons. The molecule has 1 saturated carbocycles. The molecule has 3 aliphatic rings. The lowest BCUT2D eigenvalue weighted by atomic mass is 9.89. The minimum absolute atomic E-state index is 0.0173. The van der Waals surface area contributed by atoms with E-state index < -0.39 is 18.0 Å². The van der Waals surface area contributed by atoms with Gasteiger partial charge in [-0.3, -0.25) is 33.8 Å². The number of imide groups is 1. The maximum Gasteiger partial charge on any atom is 0.404 e. The topological polar surface area (TPSA) is 138 Å². The molecule has 3 amide bonds. The van der Waals surface area contributed by atoms with E-state index in [0.717, 1.165) is 63.2 Å². The number of carbonyl (C=O) groups excluding carboxylic acids is 2. The number of nitrogens with zero attached hydrogens (tertiary/aromatic N) is 4. The lowest BCUT2D eigenvalue weighted by Crippen LogP contribution is -2.49. The first-order chi connectivity index (χ1) is 17.8. The summed E-state index contributed by atoms with van der Waals surface area (Å²) in [6.07, 6.45) is 1.20. The molecule has 1 aromatic heterocycles. The molecular formula is C25H34N6O6. The summed E-state index contributed by atoms with van der Waals surface area (Å²) in [6, 6.07) is 5.27. The van der Waals surface area contributed by atoms with Crippen LogP contribution in [0.4, 0.5) is 4.79 Å². The number of aryl methyl sites for hydroxylation is 1. The van der Waals surface area contributed by atoms with Gasteiger partial charge in [0.25, 0.3) is 0 Å². The van der Waals surface area contributed by atoms with Crippen LogP contribution in [0.2, 0.25) is 0 Å². The highest BCUT2D eigenvalue weighted by molar-refractivity contribution is 6.00. The molecule has 3 fully saturated rings. The van der Waals surface area contributed by atoms with E-state index >= 15 is 0 Å². The van der Waals surface area contributed by atoms with Crippen LogP contribution in [0.15, 0.2) is 23.0 Å². The summed E-state index contributed by atoms with van der Waals surface area (Å²) in [5, 5.41) is 13.6. The Morgan fingerprint density at radius 2 is 1.84 bits per heavy atom. The van der Waals surface area contributed by atoms with E-state index in [1.165, 1.54) is 4.57 Å². The van der Waals surface area contributed by atoms with Gasteiger partial charge in [-0.15, -0.1) is 0 Å². The van der Waals surface area contributed by atoms with Crippen molar-refractivity contribution in [2.45, 2.75) is 50.4 Å². The number of fused-ring (bicyclic) bond motifs is 1. The normalized spacial score (nSPS) is 25.2. The highest BCUT2D eigenvalue weighted by Gasteiger charge is 2.32. The summed E-state index contributed by atoms with van der Waals surface area (Å²) < 4.78 is 8.95. The molecule has 12 nitrogen and oxygen atoms in total. The Balaban J connectivity index is 1.12. The van der Waals surface area contributed by atoms with Crippen LogP contribution in [-0.4, -0.2) is 93.4 Å². The molecule has 37 heavy (non-hydrogen) atoms. The third-order valence-electron chi connectivity index (χ3n) is 7.73. The Hall–Kier alpha value is -3.22. The summed E-state index contributed by atoms with van der Waals surface area (Å²) in [5.74, 6) is -0.725. The highest BCUT2D eigenvalue weighted by atomic mass is 16.5. The summed E-state index contributed by atoms with van der Waals surface area (Å²) >= 11 is 0. The zero-order valence-electron chi connectivity index (χ0n) is 21.0. The first-order valence-electron chi connectivity index (χ1n) is 12.9. The number of aromatic nitrogens is 2. The van der Waals surface area contributed by atoms with Gasteiger partial charge in [0.15, 0.2) is 0 Å². The number of nitrogens with one attached hydrogen (secondary N) is 2. The van der Waals surface area contributed by atoms with Gasteiger partial charge in [0.05, 0.1) is 23.7 Å². The number of carboxylic acid groups (broad SMARTS) is 1. The smallest absolute Gasteiger partial charge is 0.404 e. The Bertz CT molecular complexity index is 1240. The zero-order chi connectivity index (χ0) is 26.1. The second-order valence-corrected chi connectivity index (χ2v) is 10.2. The van der Waals surface area contributed by atoms with E-state index in [4.69, 9.17) is 9.84 Å². The van der Waals surface area contributed by atoms with Gasteiger partial charge in [0.1, 0.15) is 6.04 Å². The molecule has 5 rings (SSSR count). The van der Waals surface area contributed by atoms with Crippen molar-refractivity contribution in [1.82, 2.24) is 29.6 Å². The van der Waals surface area contributed by atoms with Crippen LogP contribution in [0.1, 0.15) is 37.3 Å². The third kappa shape index (κ3) is 5.55. The molecule has 0 spiro atoms. The van der Waals surface area contributed by atoms with Crippen LogP contribution in [0, 0.1) is 0 Å². The summed E-state index contributed by atoms with van der Waals surface area (Å²) in [7, 11) is 1.71. The molecule has 2 aliphatic heterocycles. The van der Waals surface area contributed by atoms with Crippen molar-refractivity contribution < 1.29 is 24.2 Å². The van der Waals surface area contributed by atoms with Crippen LogP contribution in [-0.2, 0) is 27.9 Å². The van der Waals surface area contributed by atoms with Crippen molar-refractivity contribution in [2.75, 3.05) is 39.3 Å². The van der Waals surface area contributed by atoms with E-state index in [9.17, 15) is 19.2 Å². The molecule has 1 atom stereocenters. The van der Waals surface area contributed by atoms with Crippen LogP contribution < -0.4 is 16.3 Å². The van der Waals surface area contributed by atoms with Gasteiger partial charge >= 0.3 is 11.8 Å². The van der Waals surface area contributed by atoms with E-state index in [1.807, 2.05) is 18.2 Å². The number of hydrogen-bond acceptors (Lipinski definition) is 7. The average molecular weight is 515 g/mol. The van der Waals surface area contributed by atoms with Gasteiger partial charge < -0.3 is 15.2 Å². The lowest BCUT2D eigenvalue weighted by molar-refractivity contribution is -0.135. The van der Waals surface area contributed by atoms with Crippen molar-refractivity contribution in [3.8, 4) is 0 Å². The zero-order valence-corrected chi connectivity index (χ0v) is 21.0. The van der Waals surface area contributed by atoms with E-state index in [0.29, 0.717) is 18.5 Å². The van der Waals surface area contributed by atoms with E-state index in [2.05, 4.69) is 20.4 Å². The molecule has 2 saturated heterocycles. The van der Waals surface area contributed by atoms with E-state index in [-0.39, 0.29) is 30.2 Å². The molecule has 3 N–H and O–H groups in total. The molecule has 1 unspecified atom stereocenters. The molecule has 12 heteroatoms. The number of piperidine rings is 1. The van der Waals surface area contributed by atoms with Gasteiger partial charge in [0, 0.05) is 58.8 Å². The Morgan fingerprint density at radius 1 is 1.11 bits per heavy atom. The molecular weight excluding hydrogens is 480 g/mol. The minimum Gasteiger partial charge on any atom is -0.465 e. The van der Waals surface area contributed by atoms with Crippen molar-refractivity contribution in [3.63, 3.8) is 0 Å². The van der Waals surface area contributed by atoms with Crippen LogP contribution in [0.25, 0.3) is 11.0 Å². The van der Waals surface area contributed by atoms with Crippen molar-refractivity contribution in [2.24, 2.45) is 7.05 Å². The first-order valence-corrected chi connectivity index (χ1v) is 12.9. The second-order valence-electron chi connectivity index (χ2n) is 10.2. The molecule has 200 valence electrons. The second kappa shape index (κ2) is 10.6. The number of ether oxygens (including phenoxy) is 1. The lowest BCUT2D eigenvalue weighted by Gasteiger charge is -2.37. The fraction of sp³-hybridized carbons (Fsp3) is 0.600. The Morgan fingerprint density at radius 3 is 2.54 bits per heavy atom. The quantitative estimate of drug-likeness (QED) is 0.426. The summed E-state index contributed by atoms with van der Waals surface area (Å²) in [4.78, 5) is 52.3. The van der Waals surface area contributed by atoms with E-state index in [1.54, 1.807) is 11.6 Å². The number of rotatable bonds is 8.